The summed E-state index contributed by atoms with van der Waals surface area (Å²) in [6.07, 6.45) is 11.4. The van der Waals surface area contributed by atoms with Crippen molar-refractivity contribution >= 4 is 12.0 Å². The van der Waals surface area contributed by atoms with E-state index >= 15 is 0 Å². The fourth-order valence-electron chi connectivity index (χ4n) is 4.11. The molecule has 2 aliphatic heterocycles. The molecule has 0 aromatic rings. The highest BCUT2D eigenvalue weighted by Crippen LogP contribution is 2.34. The molecule has 2 saturated heterocycles. The maximum Gasteiger partial charge on any atom is 0.410 e. The van der Waals surface area contributed by atoms with Crippen LogP contribution in [0.5, 0.6) is 0 Å². The second-order valence-corrected chi connectivity index (χ2v) is 7.52. The van der Waals surface area contributed by atoms with Crippen LogP contribution in [0.2, 0.25) is 0 Å². The summed E-state index contributed by atoms with van der Waals surface area (Å²) < 4.78 is 5.24. The lowest BCUT2D eigenvalue weighted by Gasteiger charge is -2.27. The lowest BCUT2D eigenvalue weighted by atomic mass is 9.97. The molecule has 0 aromatic heterocycles. The highest BCUT2D eigenvalue weighted by molar-refractivity contribution is 5.78. The van der Waals surface area contributed by atoms with Gasteiger partial charge in [-0.05, 0) is 52.9 Å². The Morgan fingerprint density at radius 3 is 2.63 bits per heavy atom. The van der Waals surface area contributed by atoms with Crippen LogP contribution in [0.15, 0.2) is 23.8 Å². The summed E-state index contributed by atoms with van der Waals surface area (Å²) >= 11 is 0. The van der Waals surface area contributed by atoms with Crippen LogP contribution in [-0.4, -0.2) is 54.7 Å². The van der Waals surface area contributed by atoms with E-state index in [0.717, 1.165) is 44.2 Å². The standard InChI is InChI=1S/C21H35N3O3/c1-4-6-7-16(3)14-20(25)23-13-12-22-17-8-9-18-10-11-19(15-17)24(18)21(26)27-5-2/h4,6-7,17-19,22H,5,8-15H2,1-3H3,(H,23,25). The van der Waals surface area contributed by atoms with Gasteiger partial charge in [0.25, 0.3) is 0 Å². The molecule has 2 fully saturated rings. The Morgan fingerprint density at radius 2 is 1.89 bits per heavy atom. The quantitative estimate of drug-likeness (QED) is 0.504. The third-order valence-electron chi connectivity index (χ3n) is 5.40. The zero-order valence-electron chi connectivity index (χ0n) is 17.0. The van der Waals surface area contributed by atoms with Crippen LogP contribution in [-0.2, 0) is 9.53 Å². The van der Waals surface area contributed by atoms with Crippen molar-refractivity contribution in [3.63, 3.8) is 0 Å². The normalized spacial score (nSPS) is 25.5. The van der Waals surface area contributed by atoms with Crippen LogP contribution in [0.3, 0.4) is 0 Å². The van der Waals surface area contributed by atoms with E-state index < -0.39 is 0 Å². The summed E-state index contributed by atoms with van der Waals surface area (Å²) in [7, 11) is 0. The SMILES string of the molecule is CC=CC=C(C)CC(=O)NCCNC1CCC2CCC(C1)N2C(=O)OCC. The minimum atomic E-state index is -0.153. The van der Waals surface area contributed by atoms with Gasteiger partial charge in [0, 0.05) is 37.6 Å². The summed E-state index contributed by atoms with van der Waals surface area (Å²) in [6.45, 7) is 7.59. The van der Waals surface area contributed by atoms with Crippen LogP contribution in [0.1, 0.15) is 59.3 Å². The maximum atomic E-state index is 12.2. The molecular weight excluding hydrogens is 342 g/mol. The Bertz CT molecular complexity index is 559. The van der Waals surface area contributed by atoms with Gasteiger partial charge in [-0.25, -0.2) is 4.79 Å². The minimum Gasteiger partial charge on any atom is -0.450 e. The zero-order chi connectivity index (χ0) is 19.6. The van der Waals surface area contributed by atoms with Gasteiger partial charge in [-0.1, -0.05) is 23.8 Å². The average molecular weight is 378 g/mol. The minimum absolute atomic E-state index is 0.0588. The molecule has 27 heavy (non-hydrogen) atoms. The zero-order valence-corrected chi connectivity index (χ0v) is 17.0. The van der Waals surface area contributed by atoms with Gasteiger partial charge in [-0.3, -0.25) is 4.79 Å². The molecule has 152 valence electrons. The molecule has 2 amide bonds. The molecule has 3 unspecified atom stereocenters. The second kappa shape index (κ2) is 11.1. The van der Waals surface area contributed by atoms with Gasteiger partial charge in [0.05, 0.1) is 6.61 Å². The van der Waals surface area contributed by atoms with Crippen molar-refractivity contribution in [2.75, 3.05) is 19.7 Å². The number of rotatable bonds is 8. The number of ether oxygens (including phenoxy) is 1. The Hall–Kier alpha value is -1.82. The van der Waals surface area contributed by atoms with Crippen molar-refractivity contribution in [2.24, 2.45) is 0 Å². The molecule has 2 rings (SSSR count). The van der Waals surface area contributed by atoms with Gasteiger partial charge < -0.3 is 20.3 Å². The van der Waals surface area contributed by atoms with Gasteiger partial charge in [0.1, 0.15) is 0 Å². The first-order chi connectivity index (χ1) is 13.0. The van der Waals surface area contributed by atoms with Crippen molar-refractivity contribution in [3.05, 3.63) is 23.8 Å². The monoisotopic (exact) mass is 377 g/mol. The number of amides is 2. The first-order valence-electron chi connectivity index (χ1n) is 10.3. The molecule has 2 aliphatic rings. The van der Waals surface area contributed by atoms with Gasteiger partial charge in [0.2, 0.25) is 5.91 Å². The molecule has 0 saturated carbocycles. The van der Waals surface area contributed by atoms with Gasteiger partial charge in [0.15, 0.2) is 0 Å². The van der Waals surface area contributed by atoms with Crippen molar-refractivity contribution in [3.8, 4) is 0 Å². The Labute approximate surface area is 163 Å². The largest absolute Gasteiger partial charge is 0.450 e. The van der Waals surface area contributed by atoms with Crippen LogP contribution in [0, 0.1) is 0 Å². The third kappa shape index (κ3) is 6.69. The smallest absolute Gasteiger partial charge is 0.410 e. The number of carbonyl (C=O) groups excluding carboxylic acids is 2. The lowest BCUT2D eigenvalue weighted by Crippen LogP contribution is -2.42. The van der Waals surface area contributed by atoms with E-state index in [1.165, 1.54) is 0 Å². The summed E-state index contributed by atoms with van der Waals surface area (Å²) in [5.74, 6) is 0.0588. The number of hydrogen-bond donors (Lipinski definition) is 2. The Morgan fingerprint density at radius 1 is 1.15 bits per heavy atom. The molecule has 0 radical (unpaired) electrons. The number of nitrogens with zero attached hydrogens (tertiary/aromatic N) is 1. The lowest BCUT2D eigenvalue weighted by molar-refractivity contribution is -0.120. The molecule has 2 N–H and O–H groups in total. The molecule has 0 spiro atoms. The van der Waals surface area contributed by atoms with Crippen molar-refractivity contribution in [1.29, 1.82) is 0 Å². The molecule has 0 aromatic carbocycles. The fraction of sp³-hybridized carbons (Fsp3) is 0.714. The predicted molar refractivity (Wildman–Crippen MR) is 108 cm³/mol. The van der Waals surface area contributed by atoms with E-state index in [0.29, 0.717) is 31.7 Å². The summed E-state index contributed by atoms with van der Waals surface area (Å²) in [5, 5.41) is 6.53. The molecule has 0 aliphatic carbocycles. The van der Waals surface area contributed by atoms with Gasteiger partial charge in [-0.2, -0.15) is 0 Å². The summed E-state index contributed by atoms with van der Waals surface area (Å²) in [6, 6.07) is 1.00. The highest BCUT2D eigenvalue weighted by Gasteiger charge is 2.41. The molecule has 3 atom stereocenters. The maximum absolute atomic E-state index is 12.2. The highest BCUT2D eigenvalue weighted by atomic mass is 16.6. The van der Waals surface area contributed by atoms with Gasteiger partial charge in [-0.15, -0.1) is 0 Å². The first-order valence-corrected chi connectivity index (χ1v) is 10.3. The van der Waals surface area contributed by atoms with E-state index in [2.05, 4.69) is 10.6 Å². The fourth-order valence-corrected chi connectivity index (χ4v) is 4.11. The van der Waals surface area contributed by atoms with Crippen LogP contribution in [0.4, 0.5) is 4.79 Å². The van der Waals surface area contributed by atoms with Gasteiger partial charge >= 0.3 is 6.09 Å². The van der Waals surface area contributed by atoms with E-state index in [9.17, 15) is 9.59 Å². The predicted octanol–water partition coefficient (Wildman–Crippen LogP) is 3.15. The van der Waals surface area contributed by atoms with E-state index in [-0.39, 0.29) is 18.0 Å². The van der Waals surface area contributed by atoms with Crippen LogP contribution < -0.4 is 10.6 Å². The first kappa shape index (κ1) is 21.5. The second-order valence-electron chi connectivity index (χ2n) is 7.52. The van der Waals surface area contributed by atoms with E-state index in [4.69, 9.17) is 4.74 Å². The van der Waals surface area contributed by atoms with Crippen molar-refractivity contribution < 1.29 is 14.3 Å². The number of carbonyl (C=O) groups is 2. The molecular formula is C21H35N3O3. The number of hydrogen-bond acceptors (Lipinski definition) is 4. The molecule has 6 nitrogen and oxygen atoms in total. The van der Waals surface area contributed by atoms with Crippen LogP contribution in [0.25, 0.3) is 0 Å². The van der Waals surface area contributed by atoms with Crippen LogP contribution >= 0.6 is 0 Å². The topological polar surface area (TPSA) is 70.7 Å². The van der Waals surface area contributed by atoms with Crippen molar-refractivity contribution in [1.82, 2.24) is 15.5 Å². The summed E-state index contributed by atoms with van der Waals surface area (Å²) in [5.41, 5.74) is 1.05. The molecule has 2 heterocycles. The Kier molecular flexibility index (Phi) is 8.85. The van der Waals surface area contributed by atoms with Crippen molar-refractivity contribution in [2.45, 2.75) is 77.4 Å². The number of nitrogens with one attached hydrogen (secondary N) is 2. The number of fused-ring (bicyclic) bond motifs is 2. The summed E-state index contributed by atoms with van der Waals surface area (Å²) in [4.78, 5) is 26.2. The third-order valence-corrected chi connectivity index (χ3v) is 5.40. The van der Waals surface area contributed by atoms with E-state index in [1.807, 2.05) is 43.9 Å². The average Bonchev–Trinajstić information content (AvgIpc) is 2.93. The molecule has 2 bridgehead atoms. The Balaban J connectivity index is 1.70. The molecule has 6 heteroatoms. The van der Waals surface area contributed by atoms with E-state index in [1.54, 1.807) is 0 Å². The number of allylic oxidation sites excluding steroid dienone is 3.